The molecule has 0 unspecified atom stereocenters. The third-order valence-electron chi connectivity index (χ3n) is 6.15. The molecule has 9 heteroatoms. The Balaban J connectivity index is 1.57. The largest absolute Gasteiger partial charge is 0.453 e. The fourth-order valence-electron chi connectivity index (χ4n) is 4.34. The van der Waals surface area contributed by atoms with E-state index in [9.17, 15) is 9.59 Å². The van der Waals surface area contributed by atoms with Gasteiger partial charge in [0.2, 0.25) is 0 Å². The van der Waals surface area contributed by atoms with Crippen molar-refractivity contribution in [3.8, 4) is 0 Å². The number of carbonyl (C=O) groups excluding carboxylic acids is 2. The molecule has 2 amide bonds. The Labute approximate surface area is 188 Å². The molecule has 0 radical (unpaired) electrons. The maximum Gasteiger partial charge on any atom is 0.406 e. The highest BCUT2D eigenvalue weighted by molar-refractivity contribution is 5.86. The van der Waals surface area contributed by atoms with Crippen LogP contribution in [0.15, 0.2) is 18.2 Å². The monoisotopic (exact) mass is 443 g/mol. The van der Waals surface area contributed by atoms with Crippen molar-refractivity contribution in [1.29, 1.82) is 0 Å². The number of carbonyl (C=O) groups is 2. The lowest BCUT2D eigenvalue weighted by Crippen LogP contribution is -2.50. The lowest BCUT2D eigenvalue weighted by Gasteiger charge is -2.33. The molecule has 0 bridgehead atoms. The summed E-state index contributed by atoms with van der Waals surface area (Å²) in [6.45, 7) is 7.18. The van der Waals surface area contributed by atoms with Crippen LogP contribution in [0.5, 0.6) is 0 Å². The van der Waals surface area contributed by atoms with E-state index in [0.717, 1.165) is 48.0 Å². The quantitative estimate of drug-likeness (QED) is 0.607. The summed E-state index contributed by atoms with van der Waals surface area (Å²) in [5.41, 5.74) is 3.11. The third kappa shape index (κ3) is 4.88. The Morgan fingerprint density at radius 2 is 2.22 bits per heavy atom. The van der Waals surface area contributed by atoms with E-state index < -0.39 is 12.2 Å². The zero-order chi connectivity index (χ0) is 22.7. The summed E-state index contributed by atoms with van der Waals surface area (Å²) in [5.74, 6) is 0.0456. The van der Waals surface area contributed by atoms with Gasteiger partial charge in [-0.05, 0) is 44.7 Å². The second-order valence-corrected chi connectivity index (χ2v) is 8.62. The summed E-state index contributed by atoms with van der Waals surface area (Å²) in [4.78, 5) is 26.7. The highest BCUT2D eigenvalue weighted by Gasteiger charge is 2.41. The SMILES string of the molecule is COC(=O)NCCCn1nc([C@@H](C)N(C(=O)[C@H]2CNCCO2)C2CC2)c2ccc(C)cc21. The molecule has 32 heavy (non-hydrogen) atoms. The number of rotatable bonds is 8. The first-order valence-electron chi connectivity index (χ1n) is 11.4. The van der Waals surface area contributed by atoms with Crippen LogP contribution in [-0.2, 0) is 20.8 Å². The first kappa shape index (κ1) is 22.5. The van der Waals surface area contributed by atoms with Crippen molar-refractivity contribution in [2.24, 2.45) is 0 Å². The second-order valence-electron chi connectivity index (χ2n) is 8.62. The van der Waals surface area contributed by atoms with Crippen LogP contribution in [0.3, 0.4) is 0 Å². The van der Waals surface area contributed by atoms with E-state index in [1.165, 1.54) is 7.11 Å². The van der Waals surface area contributed by atoms with Crippen LogP contribution < -0.4 is 10.6 Å². The molecule has 9 nitrogen and oxygen atoms in total. The van der Waals surface area contributed by atoms with E-state index in [1.54, 1.807) is 0 Å². The molecular weight excluding hydrogens is 410 g/mol. The van der Waals surface area contributed by atoms with Gasteiger partial charge in [0.05, 0.1) is 31.0 Å². The minimum absolute atomic E-state index is 0.0456. The van der Waals surface area contributed by atoms with Gasteiger partial charge in [-0.15, -0.1) is 0 Å². The van der Waals surface area contributed by atoms with Crippen molar-refractivity contribution in [3.63, 3.8) is 0 Å². The fourth-order valence-corrected chi connectivity index (χ4v) is 4.34. The number of morpholine rings is 1. The Morgan fingerprint density at radius 1 is 1.41 bits per heavy atom. The van der Waals surface area contributed by atoms with E-state index in [0.29, 0.717) is 26.2 Å². The highest BCUT2D eigenvalue weighted by Crippen LogP contribution is 2.37. The number of ether oxygens (including phenoxy) is 2. The van der Waals surface area contributed by atoms with Gasteiger partial charge in [-0.2, -0.15) is 5.10 Å². The van der Waals surface area contributed by atoms with Crippen LogP contribution in [-0.4, -0.2) is 72.2 Å². The minimum atomic E-state index is -0.438. The summed E-state index contributed by atoms with van der Waals surface area (Å²) >= 11 is 0. The molecular formula is C23H33N5O4. The molecule has 174 valence electrons. The van der Waals surface area contributed by atoms with Crippen LogP contribution >= 0.6 is 0 Å². The number of fused-ring (bicyclic) bond motifs is 1. The van der Waals surface area contributed by atoms with Crippen molar-refractivity contribution >= 4 is 22.9 Å². The van der Waals surface area contributed by atoms with E-state index in [1.807, 2.05) is 9.58 Å². The molecule has 0 spiro atoms. The summed E-state index contributed by atoms with van der Waals surface area (Å²) in [5, 5.41) is 12.0. The average Bonchev–Trinajstić information content (AvgIpc) is 3.58. The lowest BCUT2D eigenvalue weighted by atomic mass is 10.1. The van der Waals surface area contributed by atoms with Gasteiger partial charge in [0.25, 0.3) is 5.91 Å². The summed E-state index contributed by atoms with van der Waals surface area (Å²) < 4.78 is 12.4. The van der Waals surface area contributed by atoms with Crippen molar-refractivity contribution in [2.45, 2.75) is 57.8 Å². The predicted octanol–water partition coefficient (Wildman–Crippen LogP) is 2.13. The number of nitrogens with zero attached hydrogens (tertiary/aromatic N) is 3. The Bertz CT molecular complexity index is 965. The smallest absolute Gasteiger partial charge is 0.406 e. The molecule has 4 rings (SSSR count). The molecule has 1 saturated carbocycles. The molecule has 2 N–H and O–H groups in total. The van der Waals surface area contributed by atoms with Gasteiger partial charge in [0.1, 0.15) is 6.10 Å². The summed E-state index contributed by atoms with van der Waals surface area (Å²) in [6.07, 6.45) is 1.89. The molecule has 2 aliphatic rings. The standard InChI is InChI=1S/C23H33N5O4/c1-15-5-8-18-19(13-15)27(11-4-9-25-23(30)31-3)26-21(18)16(2)28(17-6-7-17)22(29)20-14-24-10-12-32-20/h5,8,13,16-17,20,24H,4,6-7,9-12,14H2,1-3H3,(H,25,30)/t16-,20-/m1/s1. The zero-order valence-electron chi connectivity index (χ0n) is 19.1. The molecule has 1 saturated heterocycles. The highest BCUT2D eigenvalue weighted by atomic mass is 16.5. The minimum Gasteiger partial charge on any atom is -0.453 e. The predicted molar refractivity (Wildman–Crippen MR) is 120 cm³/mol. The molecule has 2 atom stereocenters. The van der Waals surface area contributed by atoms with Gasteiger partial charge in [-0.1, -0.05) is 12.1 Å². The summed E-state index contributed by atoms with van der Waals surface area (Å²) in [6, 6.07) is 6.41. The molecule has 1 aliphatic carbocycles. The lowest BCUT2D eigenvalue weighted by molar-refractivity contribution is -0.148. The first-order chi connectivity index (χ1) is 15.5. The topological polar surface area (TPSA) is 97.7 Å². The Morgan fingerprint density at radius 3 is 2.91 bits per heavy atom. The normalized spacial score (nSPS) is 19.5. The number of nitrogens with one attached hydrogen (secondary N) is 2. The number of benzene rings is 1. The molecule has 2 fully saturated rings. The van der Waals surface area contributed by atoms with E-state index in [2.05, 4.69) is 47.4 Å². The third-order valence-corrected chi connectivity index (χ3v) is 6.15. The number of hydrogen-bond donors (Lipinski definition) is 2. The molecule has 2 aromatic rings. The first-order valence-corrected chi connectivity index (χ1v) is 11.4. The van der Waals surface area contributed by atoms with Crippen LogP contribution in [0.2, 0.25) is 0 Å². The Kier molecular flexibility index (Phi) is 6.95. The second kappa shape index (κ2) is 9.87. The van der Waals surface area contributed by atoms with E-state index in [4.69, 9.17) is 9.84 Å². The molecule has 1 aromatic carbocycles. The Hall–Kier alpha value is -2.65. The van der Waals surface area contributed by atoms with Gasteiger partial charge < -0.3 is 25.0 Å². The van der Waals surface area contributed by atoms with Crippen molar-refractivity contribution in [2.75, 3.05) is 33.4 Å². The fraction of sp³-hybridized carbons (Fsp3) is 0.609. The number of alkyl carbamates (subject to hydrolysis) is 1. The maximum absolute atomic E-state index is 13.4. The molecule has 1 aromatic heterocycles. The maximum atomic E-state index is 13.4. The van der Waals surface area contributed by atoms with Gasteiger partial charge >= 0.3 is 6.09 Å². The number of aromatic nitrogens is 2. The number of amides is 2. The van der Waals surface area contributed by atoms with Gasteiger partial charge in [0, 0.05) is 37.6 Å². The van der Waals surface area contributed by atoms with Crippen LogP contribution in [0, 0.1) is 6.92 Å². The van der Waals surface area contributed by atoms with Crippen molar-refractivity contribution < 1.29 is 19.1 Å². The van der Waals surface area contributed by atoms with E-state index >= 15 is 0 Å². The van der Waals surface area contributed by atoms with Crippen LogP contribution in [0.1, 0.15) is 43.5 Å². The van der Waals surface area contributed by atoms with Crippen LogP contribution in [0.4, 0.5) is 4.79 Å². The average molecular weight is 444 g/mol. The number of aryl methyl sites for hydroxylation is 2. The van der Waals surface area contributed by atoms with Gasteiger partial charge in [-0.25, -0.2) is 4.79 Å². The van der Waals surface area contributed by atoms with Crippen LogP contribution in [0.25, 0.3) is 10.9 Å². The van der Waals surface area contributed by atoms with Gasteiger partial charge in [0.15, 0.2) is 0 Å². The molecule has 1 aliphatic heterocycles. The molecule has 2 heterocycles. The van der Waals surface area contributed by atoms with Gasteiger partial charge in [-0.3, -0.25) is 9.48 Å². The number of hydrogen-bond acceptors (Lipinski definition) is 6. The van der Waals surface area contributed by atoms with E-state index in [-0.39, 0.29) is 18.0 Å². The summed E-state index contributed by atoms with van der Waals surface area (Å²) in [7, 11) is 1.36. The number of methoxy groups -OCH3 is 1. The zero-order valence-corrected chi connectivity index (χ0v) is 19.1. The van der Waals surface area contributed by atoms with Crippen molar-refractivity contribution in [1.82, 2.24) is 25.3 Å². The van der Waals surface area contributed by atoms with Crippen molar-refractivity contribution in [3.05, 3.63) is 29.5 Å².